The zero-order chi connectivity index (χ0) is 16.1. The van der Waals surface area contributed by atoms with E-state index in [1.165, 1.54) is 0 Å². The summed E-state index contributed by atoms with van der Waals surface area (Å²) < 4.78 is 0. The first-order valence-electron chi connectivity index (χ1n) is 7.14. The van der Waals surface area contributed by atoms with Crippen molar-refractivity contribution in [3.63, 3.8) is 0 Å². The molecule has 2 nitrogen and oxygen atoms in total. The van der Waals surface area contributed by atoms with Crippen LogP contribution in [0.1, 0.15) is 36.8 Å². The van der Waals surface area contributed by atoms with Crippen LogP contribution in [0.15, 0.2) is 53.7 Å². The first-order chi connectivity index (χ1) is 10.5. The van der Waals surface area contributed by atoms with E-state index in [-0.39, 0.29) is 11.8 Å². The lowest BCUT2D eigenvalue weighted by Crippen LogP contribution is -2.17. The molecule has 0 fully saturated rings. The van der Waals surface area contributed by atoms with E-state index in [1.807, 2.05) is 48.5 Å². The molecule has 2 atom stereocenters. The number of oxime groups is 1. The number of benzene rings is 2. The predicted octanol–water partition coefficient (Wildman–Crippen LogP) is 5.90. The van der Waals surface area contributed by atoms with Crippen LogP contribution in [0.4, 0.5) is 0 Å². The van der Waals surface area contributed by atoms with Gasteiger partial charge in [0, 0.05) is 21.9 Å². The Kier molecular flexibility index (Phi) is 5.87. The van der Waals surface area contributed by atoms with Gasteiger partial charge in [-0.2, -0.15) is 0 Å². The molecule has 4 heteroatoms. The summed E-state index contributed by atoms with van der Waals surface area (Å²) in [5.41, 5.74) is 3.15. The largest absolute Gasteiger partial charge is 0.399 e. The number of hydrogen-bond acceptors (Lipinski definition) is 2. The van der Waals surface area contributed by atoms with Gasteiger partial charge in [0.05, 0.1) is 5.71 Å². The highest BCUT2D eigenvalue weighted by atomic mass is 35.5. The van der Waals surface area contributed by atoms with E-state index in [0.29, 0.717) is 0 Å². The monoisotopic (exact) mass is 335 g/mol. The minimum absolute atomic E-state index is 0.0904. The molecule has 0 heterocycles. The highest BCUT2D eigenvalue weighted by molar-refractivity contribution is 6.31. The van der Waals surface area contributed by atoms with Crippen LogP contribution >= 0.6 is 23.2 Å². The molecule has 0 aliphatic rings. The molecule has 0 saturated carbocycles. The molecular weight excluding hydrogens is 317 g/mol. The highest BCUT2D eigenvalue weighted by Gasteiger charge is 2.22. The summed E-state index contributed by atoms with van der Waals surface area (Å²) in [7, 11) is 1.56. The maximum atomic E-state index is 6.10. The third-order valence-corrected chi connectivity index (χ3v) is 4.25. The first-order valence-corrected chi connectivity index (χ1v) is 7.90. The molecule has 2 aromatic carbocycles. The molecule has 2 unspecified atom stereocenters. The van der Waals surface area contributed by atoms with Gasteiger partial charge in [0.2, 0.25) is 0 Å². The molecule has 0 bridgehead atoms. The Morgan fingerprint density at radius 2 is 1.36 bits per heavy atom. The number of hydrogen-bond donors (Lipinski definition) is 0. The second-order valence-corrected chi connectivity index (χ2v) is 6.12. The van der Waals surface area contributed by atoms with Crippen molar-refractivity contribution in [2.45, 2.75) is 25.7 Å². The molecule has 0 aliphatic carbocycles. The second kappa shape index (κ2) is 7.66. The van der Waals surface area contributed by atoms with Crippen molar-refractivity contribution in [2.75, 3.05) is 7.11 Å². The molecule has 116 valence electrons. The number of halogens is 2. The molecule has 0 saturated heterocycles. The fraction of sp³-hybridized carbons (Fsp3) is 0.278. The predicted molar refractivity (Wildman–Crippen MR) is 94.2 cm³/mol. The van der Waals surface area contributed by atoms with Crippen LogP contribution in [0.2, 0.25) is 10.0 Å². The summed E-state index contributed by atoms with van der Waals surface area (Å²) in [6.07, 6.45) is 0. The van der Waals surface area contributed by atoms with Crippen LogP contribution in [-0.4, -0.2) is 12.8 Å². The lowest BCUT2D eigenvalue weighted by Gasteiger charge is -2.21. The van der Waals surface area contributed by atoms with Crippen LogP contribution < -0.4 is 0 Å². The van der Waals surface area contributed by atoms with Gasteiger partial charge in [-0.25, -0.2) is 0 Å². The normalized spacial score (nSPS) is 13.3. The van der Waals surface area contributed by atoms with Crippen molar-refractivity contribution in [1.82, 2.24) is 0 Å². The molecule has 0 spiro atoms. The van der Waals surface area contributed by atoms with Crippen molar-refractivity contribution < 1.29 is 4.84 Å². The fourth-order valence-corrected chi connectivity index (χ4v) is 2.93. The van der Waals surface area contributed by atoms with Gasteiger partial charge in [-0.05, 0) is 35.4 Å². The van der Waals surface area contributed by atoms with Crippen LogP contribution in [0.25, 0.3) is 0 Å². The molecule has 0 aromatic heterocycles. The van der Waals surface area contributed by atoms with Gasteiger partial charge in [-0.15, -0.1) is 0 Å². The summed E-state index contributed by atoms with van der Waals surface area (Å²) in [5.74, 6) is 0.181. The number of rotatable bonds is 5. The maximum absolute atomic E-state index is 6.10. The Morgan fingerprint density at radius 3 is 1.73 bits per heavy atom. The standard InChI is InChI=1S/C18H19Cl2NO/c1-12(14-6-4-8-16(19)10-14)18(21-22-3)13(2)15-7-5-9-17(20)11-15/h4-13H,1-3H3. The average Bonchev–Trinajstić information content (AvgIpc) is 2.51. The van der Waals surface area contributed by atoms with E-state index < -0.39 is 0 Å². The van der Waals surface area contributed by atoms with Crippen molar-refractivity contribution in [3.05, 3.63) is 69.7 Å². The van der Waals surface area contributed by atoms with E-state index in [9.17, 15) is 0 Å². The Hall–Kier alpha value is -1.51. The van der Waals surface area contributed by atoms with E-state index in [0.717, 1.165) is 26.9 Å². The zero-order valence-corrected chi connectivity index (χ0v) is 14.4. The van der Waals surface area contributed by atoms with Crippen molar-refractivity contribution in [3.8, 4) is 0 Å². The van der Waals surface area contributed by atoms with Crippen LogP contribution in [0, 0.1) is 0 Å². The third kappa shape index (κ3) is 4.02. The minimum atomic E-state index is 0.0904. The Bertz CT molecular complexity index is 616. The Balaban J connectivity index is 2.36. The topological polar surface area (TPSA) is 21.6 Å². The third-order valence-electron chi connectivity index (χ3n) is 3.78. The molecule has 2 rings (SSSR count). The van der Waals surface area contributed by atoms with Crippen molar-refractivity contribution in [2.24, 2.45) is 5.16 Å². The van der Waals surface area contributed by atoms with Gasteiger partial charge in [-0.1, -0.05) is 66.5 Å². The van der Waals surface area contributed by atoms with E-state index in [2.05, 4.69) is 19.0 Å². The molecule has 0 N–H and O–H groups in total. The average molecular weight is 336 g/mol. The zero-order valence-electron chi connectivity index (χ0n) is 12.9. The van der Waals surface area contributed by atoms with Crippen molar-refractivity contribution in [1.29, 1.82) is 0 Å². The minimum Gasteiger partial charge on any atom is -0.399 e. The van der Waals surface area contributed by atoms with Gasteiger partial charge in [0.1, 0.15) is 7.11 Å². The summed E-state index contributed by atoms with van der Waals surface area (Å²) in [5, 5.41) is 5.70. The second-order valence-electron chi connectivity index (χ2n) is 5.25. The van der Waals surface area contributed by atoms with Gasteiger partial charge >= 0.3 is 0 Å². The van der Waals surface area contributed by atoms with Gasteiger partial charge < -0.3 is 4.84 Å². The number of nitrogens with zero attached hydrogens (tertiary/aromatic N) is 1. The van der Waals surface area contributed by atoms with Gasteiger partial charge in [-0.3, -0.25) is 0 Å². The fourth-order valence-electron chi connectivity index (χ4n) is 2.53. The molecule has 2 aromatic rings. The smallest absolute Gasteiger partial charge is 0.106 e. The lowest BCUT2D eigenvalue weighted by molar-refractivity contribution is 0.210. The Morgan fingerprint density at radius 1 is 0.909 bits per heavy atom. The molecule has 0 aliphatic heterocycles. The Labute approximate surface area is 141 Å². The lowest BCUT2D eigenvalue weighted by atomic mass is 9.85. The van der Waals surface area contributed by atoms with Crippen LogP contribution in [-0.2, 0) is 4.84 Å². The quantitative estimate of drug-likeness (QED) is 0.492. The molecule has 22 heavy (non-hydrogen) atoms. The van der Waals surface area contributed by atoms with E-state index in [1.54, 1.807) is 7.11 Å². The summed E-state index contributed by atoms with van der Waals surface area (Å²) in [4.78, 5) is 5.07. The first kappa shape index (κ1) is 16.9. The van der Waals surface area contributed by atoms with Gasteiger partial charge in [0.25, 0.3) is 0 Å². The van der Waals surface area contributed by atoms with Crippen LogP contribution in [0.5, 0.6) is 0 Å². The molecule has 0 radical (unpaired) electrons. The van der Waals surface area contributed by atoms with E-state index >= 15 is 0 Å². The van der Waals surface area contributed by atoms with Gasteiger partial charge in [0.15, 0.2) is 0 Å². The van der Waals surface area contributed by atoms with Crippen LogP contribution in [0.3, 0.4) is 0 Å². The van der Waals surface area contributed by atoms with Crippen molar-refractivity contribution >= 4 is 28.9 Å². The van der Waals surface area contributed by atoms with E-state index in [4.69, 9.17) is 28.0 Å². The molecular formula is C18H19Cl2NO. The highest BCUT2D eigenvalue weighted by Crippen LogP contribution is 2.29. The molecule has 0 amide bonds. The SMILES string of the molecule is CON=C(C(C)c1cccc(Cl)c1)C(C)c1cccc(Cl)c1. The summed E-state index contributed by atoms with van der Waals surface area (Å²) >= 11 is 12.2. The summed E-state index contributed by atoms with van der Waals surface area (Å²) in [6, 6.07) is 15.6. The summed E-state index contributed by atoms with van der Waals surface area (Å²) in [6.45, 7) is 4.20. The maximum Gasteiger partial charge on any atom is 0.106 e.